The number of anilines is 1. The van der Waals surface area contributed by atoms with Gasteiger partial charge < -0.3 is 15.5 Å². The molecule has 1 aromatic rings. The Morgan fingerprint density at radius 3 is 3.00 bits per heavy atom. The van der Waals surface area contributed by atoms with Gasteiger partial charge in [0.05, 0.1) is 6.54 Å². The van der Waals surface area contributed by atoms with Crippen molar-refractivity contribution in [2.75, 3.05) is 31.1 Å². The van der Waals surface area contributed by atoms with Crippen molar-refractivity contribution in [3.63, 3.8) is 0 Å². The van der Waals surface area contributed by atoms with Crippen LogP contribution in [0.4, 0.5) is 5.69 Å². The Labute approximate surface area is 131 Å². The number of amides is 1. The monoisotopic (exact) mass is 309 g/mol. The topological polar surface area (TPSA) is 44.4 Å². The summed E-state index contributed by atoms with van der Waals surface area (Å²) in [5, 5.41) is 7.10. The minimum atomic E-state index is 0.0866. The molecular weight excluding hydrogens is 286 g/mol. The minimum absolute atomic E-state index is 0.0866. The number of carbonyl (C=O) groups is 1. The van der Waals surface area contributed by atoms with Crippen molar-refractivity contribution >= 4 is 23.2 Å². The molecular formula is C16H24ClN3O. The smallest absolute Gasteiger partial charge is 0.239 e. The molecule has 21 heavy (non-hydrogen) atoms. The van der Waals surface area contributed by atoms with E-state index in [1.54, 1.807) is 0 Å². The predicted octanol–water partition coefficient (Wildman–Crippen LogP) is 2.41. The highest BCUT2D eigenvalue weighted by molar-refractivity contribution is 6.30. The van der Waals surface area contributed by atoms with E-state index in [2.05, 4.69) is 29.4 Å². The molecule has 5 heteroatoms. The quantitative estimate of drug-likeness (QED) is 0.878. The van der Waals surface area contributed by atoms with Gasteiger partial charge >= 0.3 is 0 Å². The average Bonchev–Trinajstić information content (AvgIpc) is 2.63. The molecule has 1 aromatic carbocycles. The highest BCUT2D eigenvalue weighted by atomic mass is 35.5. The third-order valence-electron chi connectivity index (χ3n) is 3.51. The van der Waals surface area contributed by atoms with Crippen LogP contribution in [0.2, 0.25) is 5.02 Å². The van der Waals surface area contributed by atoms with Gasteiger partial charge in [-0.05, 0) is 42.6 Å². The summed E-state index contributed by atoms with van der Waals surface area (Å²) in [4.78, 5) is 13.9. The lowest BCUT2D eigenvalue weighted by molar-refractivity contribution is -0.119. The van der Waals surface area contributed by atoms with E-state index in [1.807, 2.05) is 18.2 Å². The molecule has 0 radical (unpaired) electrons. The van der Waals surface area contributed by atoms with E-state index in [0.717, 1.165) is 48.9 Å². The molecule has 2 rings (SSSR count). The van der Waals surface area contributed by atoms with Crippen molar-refractivity contribution in [3.05, 3.63) is 28.8 Å². The highest BCUT2D eigenvalue weighted by Gasteiger charge is 2.17. The van der Waals surface area contributed by atoms with Crippen molar-refractivity contribution < 1.29 is 4.79 Å². The number of halogens is 1. The zero-order valence-corrected chi connectivity index (χ0v) is 13.5. The van der Waals surface area contributed by atoms with E-state index in [1.165, 1.54) is 0 Å². The fourth-order valence-corrected chi connectivity index (χ4v) is 2.71. The van der Waals surface area contributed by atoms with Crippen LogP contribution in [-0.2, 0) is 11.3 Å². The summed E-state index contributed by atoms with van der Waals surface area (Å²) in [6.45, 7) is 8.16. The van der Waals surface area contributed by atoms with Crippen LogP contribution in [0.3, 0.4) is 0 Å². The number of rotatable bonds is 5. The first-order chi connectivity index (χ1) is 10.1. The van der Waals surface area contributed by atoms with Crippen LogP contribution >= 0.6 is 11.6 Å². The van der Waals surface area contributed by atoms with Crippen LogP contribution in [0.1, 0.15) is 25.8 Å². The lowest BCUT2D eigenvalue weighted by Crippen LogP contribution is -2.34. The number of hydrogen-bond acceptors (Lipinski definition) is 3. The number of nitrogens with one attached hydrogen (secondary N) is 2. The molecule has 0 bridgehead atoms. The number of hydrogen-bond donors (Lipinski definition) is 2. The predicted molar refractivity (Wildman–Crippen MR) is 87.8 cm³/mol. The molecule has 0 aliphatic carbocycles. The van der Waals surface area contributed by atoms with E-state index in [0.29, 0.717) is 12.5 Å². The van der Waals surface area contributed by atoms with Gasteiger partial charge in [-0.15, -0.1) is 0 Å². The van der Waals surface area contributed by atoms with Crippen molar-refractivity contribution in [1.29, 1.82) is 0 Å². The van der Waals surface area contributed by atoms with E-state index >= 15 is 0 Å². The molecule has 1 aliphatic heterocycles. The lowest BCUT2D eigenvalue weighted by Gasteiger charge is -2.25. The molecule has 1 heterocycles. The van der Waals surface area contributed by atoms with Crippen LogP contribution < -0.4 is 15.5 Å². The van der Waals surface area contributed by atoms with Gasteiger partial charge in [-0.2, -0.15) is 0 Å². The van der Waals surface area contributed by atoms with Gasteiger partial charge in [0.25, 0.3) is 0 Å². The summed E-state index contributed by atoms with van der Waals surface area (Å²) in [5.74, 6) is 0.695. The van der Waals surface area contributed by atoms with Gasteiger partial charge in [0.2, 0.25) is 5.91 Å². The number of nitrogens with zero attached hydrogens (tertiary/aromatic N) is 1. The largest absolute Gasteiger partial charge is 0.362 e. The van der Waals surface area contributed by atoms with Crippen LogP contribution in [0.15, 0.2) is 18.2 Å². The molecule has 0 aromatic heterocycles. The van der Waals surface area contributed by atoms with Gasteiger partial charge in [-0.3, -0.25) is 4.79 Å². The molecule has 1 amide bonds. The van der Waals surface area contributed by atoms with Crippen molar-refractivity contribution in [2.45, 2.75) is 26.8 Å². The van der Waals surface area contributed by atoms with Crippen LogP contribution in [0, 0.1) is 5.92 Å². The van der Waals surface area contributed by atoms with Crippen molar-refractivity contribution in [3.8, 4) is 0 Å². The second kappa shape index (κ2) is 7.66. The third kappa shape index (κ3) is 4.90. The molecule has 1 aliphatic rings. The zero-order valence-electron chi connectivity index (χ0n) is 12.8. The maximum atomic E-state index is 11.8. The normalized spacial score (nSPS) is 16.0. The van der Waals surface area contributed by atoms with E-state index in [4.69, 9.17) is 11.6 Å². The molecule has 1 fully saturated rings. The third-order valence-corrected chi connectivity index (χ3v) is 3.75. The summed E-state index contributed by atoms with van der Waals surface area (Å²) in [6, 6.07) is 5.91. The Morgan fingerprint density at radius 1 is 1.43 bits per heavy atom. The Balaban J connectivity index is 2.14. The molecule has 0 atom stereocenters. The molecule has 0 spiro atoms. The first-order valence-electron chi connectivity index (χ1n) is 7.57. The Hall–Kier alpha value is -1.26. The van der Waals surface area contributed by atoms with Gasteiger partial charge in [0, 0.05) is 30.3 Å². The van der Waals surface area contributed by atoms with E-state index < -0.39 is 0 Å². The number of carbonyl (C=O) groups excluding carboxylic acids is 1. The molecule has 116 valence electrons. The SMILES string of the molecule is CC(C)CNCc1cc(Cl)ccc1N1CCCNC(=O)C1. The lowest BCUT2D eigenvalue weighted by atomic mass is 10.1. The van der Waals surface area contributed by atoms with Crippen LogP contribution in [0.5, 0.6) is 0 Å². The zero-order chi connectivity index (χ0) is 15.2. The standard InChI is InChI=1S/C16H24ClN3O/c1-12(2)9-18-10-13-8-14(17)4-5-15(13)20-7-3-6-19-16(21)11-20/h4-5,8,12,18H,3,6-7,9-11H2,1-2H3,(H,19,21). The van der Waals surface area contributed by atoms with Gasteiger partial charge in [0.1, 0.15) is 0 Å². The number of benzene rings is 1. The Kier molecular flexibility index (Phi) is 5.88. The average molecular weight is 310 g/mol. The molecule has 0 saturated carbocycles. The molecule has 1 saturated heterocycles. The van der Waals surface area contributed by atoms with E-state index in [-0.39, 0.29) is 5.91 Å². The Morgan fingerprint density at radius 2 is 2.24 bits per heavy atom. The Bertz CT molecular complexity index is 490. The summed E-state index contributed by atoms with van der Waals surface area (Å²) in [5.41, 5.74) is 2.26. The fraction of sp³-hybridized carbons (Fsp3) is 0.562. The van der Waals surface area contributed by atoms with Gasteiger partial charge in [-0.25, -0.2) is 0 Å². The molecule has 0 unspecified atom stereocenters. The molecule has 4 nitrogen and oxygen atoms in total. The minimum Gasteiger partial charge on any atom is -0.362 e. The first kappa shape index (κ1) is 16.1. The fourth-order valence-electron chi connectivity index (χ4n) is 2.51. The second-order valence-corrected chi connectivity index (χ2v) is 6.36. The summed E-state index contributed by atoms with van der Waals surface area (Å²) < 4.78 is 0. The first-order valence-corrected chi connectivity index (χ1v) is 7.95. The van der Waals surface area contributed by atoms with E-state index in [9.17, 15) is 4.79 Å². The van der Waals surface area contributed by atoms with Gasteiger partial charge in [-0.1, -0.05) is 25.4 Å². The van der Waals surface area contributed by atoms with Gasteiger partial charge in [0.15, 0.2) is 0 Å². The summed E-state index contributed by atoms with van der Waals surface area (Å²) >= 11 is 6.13. The second-order valence-electron chi connectivity index (χ2n) is 5.92. The maximum Gasteiger partial charge on any atom is 0.239 e. The van der Waals surface area contributed by atoms with Crippen molar-refractivity contribution in [1.82, 2.24) is 10.6 Å². The molecule has 2 N–H and O–H groups in total. The summed E-state index contributed by atoms with van der Waals surface area (Å²) in [6.07, 6.45) is 0.966. The summed E-state index contributed by atoms with van der Waals surface area (Å²) in [7, 11) is 0. The maximum absolute atomic E-state index is 11.8. The van der Waals surface area contributed by atoms with Crippen LogP contribution in [0.25, 0.3) is 0 Å². The van der Waals surface area contributed by atoms with Crippen LogP contribution in [-0.4, -0.2) is 32.1 Å². The highest BCUT2D eigenvalue weighted by Crippen LogP contribution is 2.25. The van der Waals surface area contributed by atoms with Crippen molar-refractivity contribution in [2.24, 2.45) is 5.92 Å².